The van der Waals surface area contributed by atoms with E-state index < -0.39 is 0 Å². The predicted molar refractivity (Wildman–Crippen MR) is 85.1 cm³/mol. The fraction of sp³-hybridized carbons (Fsp3) is 0.500. The van der Waals surface area contributed by atoms with E-state index in [9.17, 15) is 9.59 Å². The highest BCUT2D eigenvalue weighted by Gasteiger charge is 2.22. The van der Waals surface area contributed by atoms with Crippen LogP contribution in [0.2, 0.25) is 5.02 Å². The number of nitrogens with one attached hydrogen (secondary N) is 1. The van der Waals surface area contributed by atoms with Crippen LogP contribution in [0.15, 0.2) is 18.2 Å². The van der Waals surface area contributed by atoms with E-state index in [4.69, 9.17) is 16.3 Å². The monoisotopic (exact) mass is 324 g/mol. The molecule has 2 rings (SSSR count). The number of carbonyl (C=O) groups is 2. The first-order chi connectivity index (χ1) is 10.5. The van der Waals surface area contributed by atoms with Crippen LogP contribution in [-0.4, -0.2) is 42.5 Å². The summed E-state index contributed by atoms with van der Waals surface area (Å²) >= 11 is 6.02. The van der Waals surface area contributed by atoms with Gasteiger partial charge in [-0.3, -0.25) is 9.59 Å². The Morgan fingerprint density at radius 1 is 1.36 bits per heavy atom. The van der Waals surface area contributed by atoms with Crippen molar-refractivity contribution in [2.45, 2.75) is 32.7 Å². The third-order valence-corrected chi connectivity index (χ3v) is 4.06. The van der Waals surface area contributed by atoms with Crippen LogP contribution < -0.4 is 10.1 Å². The zero-order valence-electron chi connectivity index (χ0n) is 12.9. The molecule has 1 fully saturated rings. The predicted octanol–water partition coefficient (Wildman–Crippen LogP) is 2.15. The molecule has 1 aromatic carbocycles. The number of aryl methyl sites for hydroxylation is 1. The Hall–Kier alpha value is -1.75. The van der Waals surface area contributed by atoms with E-state index in [0.717, 1.165) is 18.4 Å². The van der Waals surface area contributed by atoms with Crippen molar-refractivity contribution in [3.8, 4) is 5.75 Å². The second kappa shape index (κ2) is 7.49. The lowest BCUT2D eigenvalue weighted by Crippen LogP contribution is -2.47. The van der Waals surface area contributed by atoms with Gasteiger partial charge < -0.3 is 15.0 Å². The summed E-state index contributed by atoms with van der Waals surface area (Å²) in [6.07, 6.45) is 1.55. The normalized spacial score (nSPS) is 15.5. The first-order valence-electron chi connectivity index (χ1n) is 7.39. The molecular weight excluding hydrogens is 304 g/mol. The minimum atomic E-state index is -0.168. The van der Waals surface area contributed by atoms with Gasteiger partial charge in [-0.15, -0.1) is 0 Å². The first kappa shape index (κ1) is 16.6. The Labute approximate surface area is 135 Å². The summed E-state index contributed by atoms with van der Waals surface area (Å²) in [5, 5.41) is 3.43. The van der Waals surface area contributed by atoms with Crippen molar-refractivity contribution >= 4 is 23.4 Å². The summed E-state index contributed by atoms with van der Waals surface area (Å²) in [7, 11) is 0. The zero-order valence-corrected chi connectivity index (χ0v) is 13.7. The van der Waals surface area contributed by atoms with Gasteiger partial charge in [0.15, 0.2) is 6.61 Å². The molecule has 6 heteroatoms. The van der Waals surface area contributed by atoms with E-state index in [2.05, 4.69) is 5.32 Å². The number of amides is 2. The number of likely N-dealkylation sites (tertiary alicyclic amines) is 1. The molecule has 1 saturated heterocycles. The smallest absolute Gasteiger partial charge is 0.258 e. The van der Waals surface area contributed by atoms with E-state index in [-0.39, 0.29) is 24.5 Å². The van der Waals surface area contributed by atoms with E-state index >= 15 is 0 Å². The number of nitrogens with zero attached hydrogens (tertiary/aromatic N) is 1. The van der Waals surface area contributed by atoms with Gasteiger partial charge in [0, 0.05) is 26.1 Å². The van der Waals surface area contributed by atoms with Crippen LogP contribution in [0.4, 0.5) is 0 Å². The molecule has 1 aromatic rings. The molecule has 0 aliphatic carbocycles. The third kappa shape index (κ3) is 4.63. The van der Waals surface area contributed by atoms with E-state index in [1.807, 2.05) is 13.0 Å². The molecule has 0 spiro atoms. The van der Waals surface area contributed by atoms with Crippen molar-refractivity contribution in [3.63, 3.8) is 0 Å². The number of benzene rings is 1. The quantitative estimate of drug-likeness (QED) is 0.923. The maximum Gasteiger partial charge on any atom is 0.258 e. The summed E-state index contributed by atoms with van der Waals surface area (Å²) in [5.41, 5.74) is 1.02. The minimum Gasteiger partial charge on any atom is -0.482 e. The van der Waals surface area contributed by atoms with Gasteiger partial charge in [-0.25, -0.2) is 0 Å². The summed E-state index contributed by atoms with van der Waals surface area (Å²) in [5.74, 6) is 0.435. The molecular formula is C16H21ClN2O3. The van der Waals surface area contributed by atoms with Gasteiger partial charge in [0.1, 0.15) is 5.75 Å². The molecule has 1 aliphatic heterocycles. The molecule has 1 heterocycles. The molecule has 0 radical (unpaired) electrons. The Balaban J connectivity index is 1.77. The second-order valence-corrected chi connectivity index (χ2v) is 5.98. The van der Waals surface area contributed by atoms with Gasteiger partial charge in [-0.2, -0.15) is 0 Å². The lowest BCUT2D eigenvalue weighted by atomic mass is 10.1. The zero-order chi connectivity index (χ0) is 16.1. The molecule has 22 heavy (non-hydrogen) atoms. The summed E-state index contributed by atoms with van der Waals surface area (Å²) < 4.78 is 5.47. The molecule has 0 bridgehead atoms. The highest BCUT2D eigenvalue weighted by molar-refractivity contribution is 6.32. The van der Waals surface area contributed by atoms with Crippen LogP contribution in [0.5, 0.6) is 5.75 Å². The molecule has 2 amide bonds. The molecule has 0 saturated carbocycles. The van der Waals surface area contributed by atoms with Gasteiger partial charge in [0.2, 0.25) is 5.91 Å². The third-order valence-electron chi connectivity index (χ3n) is 3.75. The lowest BCUT2D eigenvalue weighted by Gasteiger charge is -2.31. The number of hydrogen-bond acceptors (Lipinski definition) is 3. The average molecular weight is 325 g/mol. The summed E-state index contributed by atoms with van der Waals surface area (Å²) in [6.45, 7) is 4.82. The molecule has 120 valence electrons. The summed E-state index contributed by atoms with van der Waals surface area (Å²) in [6, 6.07) is 5.54. The SMILES string of the molecule is CC(=O)N1CCC(NC(=O)COc2cc(C)ccc2Cl)CC1. The van der Waals surface area contributed by atoms with E-state index in [1.54, 1.807) is 24.0 Å². The Morgan fingerprint density at radius 3 is 2.68 bits per heavy atom. The van der Waals surface area contributed by atoms with Gasteiger partial charge >= 0.3 is 0 Å². The number of carbonyl (C=O) groups excluding carboxylic acids is 2. The van der Waals surface area contributed by atoms with Crippen LogP contribution >= 0.6 is 11.6 Å². The number of piperidine rings is 1. The molecule has 1 aliphatic rings. The highest BCUT2D eigenvalue weighted by Crippen LogP contribution is 2.25. The van der Waals surface area contributed by atoms with Gasteiger partial charge in [0.05, 0.1) is 5.02 Å². The number of hydrogen-bond donors (Lipinski definition) is 1. The maximum atomic E-state index is 11.9. The number of rotatable bonds is 4. The standard InChI is InChI=1S/C16H21ClN2O3/c1-11-3-4-14(17)15(9-11)22-10-16(21)18-13-5-7-19(8-6-13)12(2)20/h3-4,9,13H,5-8,10H2,1-2H3,(H,18,21). The Kier molecular flexibility index (Phi) is 5.66. The van der Waals surface area contributed by atoms with E-state index in [1.165, 1.54) is 0 Å². The van der Waals surface area contributed by atoms with Gasteiger partial charge in [0.25, 0.3) is 5.91 Å². The lowest BCUT2D eigenvalue weighted by molar-refractivity contribution is -0.130. The van der Waals surface area contributed by atoms with Crippen molar-refractivity contribution in [2.75, 3.05) is 19.7 Å². The fourth-order valence-corrected chi connectivity index (χ4v) is 2.64. The van der Waals surface area contributed by atoms with E-state index in [0.29, 0.717) is 23.9 Å². The van der Waals surface area contributed by atoms with Crippen molar-refractivity contribution in [1.82, 2.24) is 10.2 Å². The number of ether oxygens (including phenoxy) is 1. The van der Waals surface area contributed by atoms with Crippen molar-refractivity contribution in [1.29, 1.82) is 0 Å². The molecule has 0 aromatic heterocycles. The topological polar surface area (TPSA) is 58.6 Å². The minimum absolute atomic E-state index is 0.0594. The van der Waals surface area contributed by atoms with Crippen LogP contribution in [-0.2, 0) is 9.59 Å². The molecule has 5 nitrogen and oxygen atoms in total. The molecule has 1 N–H and O–H groups in total. The Bertz CT molecular complexity index is 554. The van der Waals surface area contributed by atoms with Crippen molar-refractivity contribution in [2.24, 2.45) is 0 Å². The molecule has 0 unspecified atom stereocenters. The van der Waals surface area contributed by atoms with Crippen molar-refractivity contribution in [3.05, 3.63) is 28.8 Å². The second-order valence-electron chi connectivity index (χ2n) is 5.57. The van der Waals surface area contributed by atoms with Crippen LogP contribution in [0.1, 0.15) is 25.3 Å². The summed E-state index contributed by atoms with van der Waals surface area (Å²) in [4.78, 5) is 25.0. The van der Waals surface area contributed by atoms with Crippen LogP contribution in [0, 0.1) is 6.92 Å². The maximum absolute atomic E-state index is 11.9. The van der Waals surface area contributed by atoms with Gasteiger partial charge in [-0.1, -0.05) is 17.7 Å². The van der Waals surface area contributed by atoms with Gasteiger partial charge in [-0.05, 0) is 37.5 Å². The van der Waals surface area contributed by atoms with Crippen molar-refractivity contribution < 1.29 is 14.3 Å². The van der Waals surface area contributed by atoms with Crippen LogP contribution in [0.25, 0.3) is 0 Å². The Morgan fingerprint density at radius 2 is 2.05 bits per heavy atom. The largest absolute Gasteiger partial charge is 0.482 e. The first-order valence-corrected chi connectivity index (χ1v) is 7.77. The number of halogens is 1. The fourth-order valence-electron chi connectivity index (χ4n) is 2.47. The highest BCUT2D eigenvalue weighted by atomic mass is 35.5. The van der Waals surface area contributed by atoms with Crippen LogP contribution in [0.3, 0.4) is 0 Å². The average Bonchev–Trinajstić information content (AvgIpc) is 2.49. The molecule has 0 atom stereocenters.